The van der Waals surface area contributed by atoms with E-state index >= 15 is 0 Å². The minimum absolute atomic E-state index is 0.144. The van der Waals surface area contributed by atoms with Gasteiger partial charge in [-0.3, -0.25) is 4.79 Å². The van der Waals surface area contributed by atoms with Crippen LogP contribution in [0.15, 0.2) is 66.4 Å². The fourth-order valence-electron chi connectivity index (χ4n) is 3.08. The van der Waals surface area contributed by atoms with Gasteiger partial charge in [0.05, 0.1) is 5.56 Å². The summed E-state index contributed by atoms with van der Waals surface area (Å²) in [5.74, 6) is 1.22. The van der Waals surface area contributed by atoms with E-state index in [9.17, 15) is 4.79 Å². The van der Waals surface area contributed by atoms with E-state index in [0.717, 1.165) is 16.8 Å². The van der Waals surface area contributed by atoms with E-state index < -0.39 is 0 Å². The van der Waals surface area contributed by atoms with Crippen molar-refractivity contribution in [3.05, 3.63) is 93.2 Å². The number of rotatable bonds is 5. The second-order valence-corrected chi connectivity index (χ2v) is 7.95. The number of ether oxygens (including phenoxy) is 2. The van der Waals surface area contributed by atoms with Crippen molar-refractivity contribution in [3.63, 3.8) is 0 Å². The molecule has 6 heteroatoms. The number of benzene rings is 3. The third kappa shape index (κ3) is 4.30. The molecule has 0 aromatic heterocycles. The van der Waals surface area contributed by atoms with Crippen LogP contribution in [-0.2, 0) is 6.61 Å². The Kier molecular flexibility index (Phi) is 5.71. The Morgan fingerprint density at radius 3 is 2.47 bits per heavy atom. The molecule has 0 fully saturated rings. The third-order valence-corrected chi connectivity index (χ3v) is 5.35. The topological polar surface area (TPSA) is 38.8 Å². The average Bonchev–Trinajstić information content (AvgIpc) is 3.02. The molecule has 0 radical (unpaired) electrons. The highest BCUT2D eigenvalue weighted by atomic mass is 35.5. The number of hydrogen-bond acceptors (Lipinski definition) is 4. The Morgan fingerprint density at radius 1 is 1.00 bits per heavy atom. The molecule has 0 unspecified atom stereocenters. The first-order chi connectivity index (χ1) is 14.4. The van der Waals surface area contributed by atoms with E-state index in [-0.39, 0.29) is 12.4 Å². The van der Waals surface area contributed by atoms with Crippen molar-refractivity contribution in [2.24, 2.45) is 0 Å². The van der Waals surface area contributed by atoms with E-state index in [2.05, 4.69) is 0 Å². The lowest BCUT2D eigenvalue weighted by Gasteiger charge is -2.11. The fourth-order valence-corrected chi connectivity index (χ4v) is 3.54. The van der Waals surface area contributed by atoms with Crippen LogP contribution >= 0.6 is 23.2 Å². The zero-order valence-corrected chi connectivity index (χ0v) is 18.0. The van der Waals surface area contributed by atoms with Gasteiger partial charge in [0.25, 0.3) is 0 Å². The molecule has 0 saturated carbocycles. The van der Waals surface area contributed by atoms with Crippen molar-refractivity contribution < 1.29 is 14.3 Å². The Morgan fingerprint density at radius 2 is 1.77 bits per heavy atom. The maximum Gasteiger partial charge on any atom is 0.231 e. The quantitative estimate of drug-likeness (QED) is 0.440. The van der Waals surface area contributed by atoms with E-state index in [1.54, 1.807) is 36.4 Å². The highest BCUT2D eigenvalue weighted by Gasteiger charge is 2.27. The van der Waals surface area contributed by atoms with Crippen LogP contribution in [0.1, 0.15) is 21.5 Å². The van der Waals surface area contributed by atoms with Gasteiger partial charge in [0.1, 0.15) is 18.1 Å². The number of halogens is 2. The maximum absolute atomic E-state index is 12.7. The molecule has 4 nitrogen and oxygen atoms in total. The number of hydrogen-bond donors (Lipinski definition) is 0. The number of anilines is 1. The predicted octanol–water partition coefficient (Wildman–Crippen LogP) is 6.25. The van der Waals surface area contributed by atoms with Crippen molar-refractivity contribution in [3.8, 4) is 11.5 Å². The van der Waals surface area contributed by atoms with Crippen molar-refractivity contribution in [2.45, 2.75) is 6.61 Å². The van der Waals surface area contributed by atoms with Crippen LogP contribution in [0.2, 0.25) is 10.0 Å². The summed E-state index contributed by atoms with van der Waals surface area (Å²) in [4.78, 5) is 14.7. The number of carbonyl (C=O) groups excluding carboxylic acids is 1. The van der Waals surface area contributed by atoms with Crippen LogP contribution in [0, 0.1) is 0 Å². The van der Waals surface area contributed by atoms with Crippen LogP contribution in [0.3, 0.4) is 0 Å². The van der Waals surface area contributed by atoms with E-state index in [1.807, 2.05) is 49.3 Å². The summed E-state index contributed by atoms with van der Waals surface area (Å²) in [7, 11) is 3.96. The lowest BCUT2D eigenvalue weighted by molar-refractivity contribution is 0.101. The molecular weight excluding hydrogens is 421 g/mol. The fraction of sp³-hybridized carbons (Fsp3) is 0.125. The predicted molar refractivity (Wildman–Crippen MR) is 121 cm³/mol. The molecule has 0 amide bonds. The molecule has 1 aliphatic rings. The van der Waals surface area contributed by atoms with Gasteiger partial charge in [-0.1, -0.05) is 41.4 Å². The van der Waals surface area contributed by atoms with Gasteiger partial charge in [0.15, 0.2) is 5.76 Å². The summed E-state index contributed by atoms with van der Waals surface area (Å²) >= 11 is 12.1. The minimum Gasteiger partial charge on any atom is -0.489 e. The van der Waals surface area contributed by atoms with Crippen LogP contribution in [0.5, 0.6) is 11.5 Å². The highest BCUT2D eigenvalue weighted by Crippen LogP contribution is 2.35. The third-order valence-electron chi connectivity index (χ3n) is 4.76. The first kappa shape index (κ1) is 20.3. The van der Waals surface area contributed by atoms with Crippen LogP contribution in [-0.4, -0.2) is 19.9 Å². The van der Waals surface area contributed by atoms with Crippen molar-refractivity contribution >= 4 is 40.7 Å². The molecule has 0 N–H and O–H groups in total. The highest BCUT2D eigenvalue weighted by molar-refractivity contribution is 6.35. The van der Waals surface area contributed by atoms with Crippen molar-refractivity contribution in [1.82, 2.24) is 0 Å². The number of Topliss-reactive ketones (excluding diaryl/α,β-unsaturated/α-hetero) is 1. The zero-order valence-electron chi connectivity index (χ0n) is 16.5. The molecule has 1 heterocycles. The average molecular weight is 440 g/mol. The largest absolute Gasteiger partial charge is 0.489 e. The molecule has 1 aliphatic heterocycles. The Labute approximate surface area is 185 Å². The number of allylic oxidation sites excluding steroid dienone is 1. The van der Waals surface area contributed by atoms with E-state index in [4.69, 9.17) is 32.7 Å². The van der Waals surface area contributed by atoms with Gasteiger partial charge in [-0.25, -0.2) is 0 Å². The molecule has 30 heavy (non-hydrogen) atoms. The standard InChI is InChI=1S/C24H19Cl2NO3/c1-27(2)18-7-3-15(4-8-18)11-23-24(28)20-10-9-19(13-22(20)30-23)29-14-16-5-6-17(25)12-21(16)26/h3-13H,14H2,1-2H3/b23-11-. The Balaban J connectivity index is 1.49. The number of nitrogens with zero attached hydrogens (tertiary/aromatic N) is 1. The maximum atomic E-state index is 12.7. The molecule has 3 aromatic carbocycles. The molecule has 0 spiro atoms. The van der Waals surface area contributed by atoms with Crippen LogP contribution in [0.25, 0.3) is 6.08 Å². The first-order valence-corrected chi connectivity index (χ1v) is 10.1. The second-order valence-electron chi connectivity index (χ2n) is 7.11. The lowest BCUT2D eigenvalue weighted by Crippen LogP contribution is -2.08. The molecule has 4 rings (SSSR count). The van der Waals surface area contributed by atoms with Crippen LogP contribution < -0.4 is 14.4 Å². The number of fused-ring (bicyclic) bond motifs is 1. The monoisotopic (exact) mass is 439 g/mol. The number of carbonyl (C=O) groups is 1. The van der Waals surface area contributed by atoms with Gasteiger partial charge in [0, 0.05) is 41.5 Å². The molecule has 0 atom stereocenters. The zero-order chi connectivity index (χ0) is 21.3. The molecule has 0 bridgehead atoms. The molecule has 0 aliphatic carbocycles. The first-order valence-electron chi connectivity index (χ1n) is 9.33. The van der Waals surface area contributed by atoms with Crippen LogP contribution in [0.4, 0.5) is 5.69 Å². The molecule has 3 aromatic rings. The normalized spacial score (nSPS) is 13.9. The van der Waals surface area contributed by atoms with Crippen molar-refractivity contribution in [2.75, 3.05) is 19.0 Å². The molecule has 0 saturated heterocycles. The van der Waals surface area contributed by atoms with Gasteiger partial charge >= 0.3 is 0 Å². The summed E-state index contributed by atoms with van der Waals surface area (Å²) in [5, 5.41) is 1.12. The van der Waals surface area contributed by atoms with Gasteiger partial charge in [-0.05, 0) is 48.0 Å². The SMILES string of the molecule is CN(C)c1ccc(/C=C2\Oc3cc(OCc4ccc(Cl)cc4Cl)ccc3C2=O)cc1. The second kappa shape index (κ2) is 8.42. The Bertz CT molecular complexity index is 1140. The summed E-state index contributed by atoms with van der Waals surface area (Å²) in [6, 6.07) is 18.3. The lowest BCUT2D eigenvalue weighted by atomic mass is 10.1. The minimum atomic E-state index is -0.144. The summed E-state index contributed by atoms with van der Waals surface area (Å²) in [5.41, 5.74) is 3.32. The summed E-state index contributed by atoms with van der Waals surface area (Å²) < 4.78 is 11.6. The van der Waals surface area contributed by atoms with Gasteiger partial charge in [-0.2, -0.15) is 0 Å². The summed E-state index contributed by atoms with van der Waals surface area (Å²) in [6.07, 6.45) is 1.75. The number of ketones is 1. The van der Waals surface area contributed by atoms with Gasteiger partial charge in [-0.15, -0.1) is 0 Å². The molecular formula is C24H19Cl2NO3. The summed E-state index contributed by atoms with van der Waals surface area (Å²) in [6.45, 7) is 0.281. The van der Waals surface area contributed by atoms with Gasteiger partial charge in [0.2, 0.25) is 5.78 Å². The van der Waals surface area contributed by atoms with Crippen molar-refractivity contribution in [1.29, 1.82) is 0 Å². The Hall–Kier alpha value is -2.95. The molecule has 152 valence electrons. The smallest absolute Gasteiger partial charge is 0.231 e. The van der Waals surface area contributed by atoms with E-state index in [1.165, 1.54) is 0 Å². The van der Waals surface area contributed by atoms with Gasteiger partial charge < -0.3 is 14.4 Å². The van der Waals surface area contributed by atoms with E-state index in [0.29, 0.717) is 32.9 Å².